The Kier molecular flexibility index (Phi) is 6.52. The zero-order valence-electron chi connectivity index (χ0n) is 12.2. The van der Waals surface area contributed by atoms with Gasteiger partial charge in [-0.2, -0.15) is 0 Å². The van der Waals surface area contributed by atoms with Gasteiger partial charge in [0.2, 0.25) is 11.8 Å². The van der Waals surface area contributed by atoms with Gasteiger partial charge in [0.15, 0.2) is 0 Å². The van der Waals surface area contributed by atoms with Crippen molar-refractivity contribution >= 4 is 29.1 Å². The van der Waals surface area contributed by atoms with Crippen LogP contribution in [-0.4, -0.2) is 18.4 Å². The lowest BCUT2D eigenvalue weighted by atomic mass is 10.1. The van der Waals surface area contributed by atoms with Crippen molar-refractivity contribution in [2.75, 3.05) is 11.9 Å². The Morgan fingerprint density at radius 1 is 1.20 bits per heavy atom. The van der Waals surface area contributed by atoms with Gasteiger partial charge in [0.25, 0.3) is 0 Å². The lowest BCUT2D eigenvalue weighted by Gasteiger charge is -2.11. The first-order valence-corrected chi connectivity index (χ1v) is 7.15. The molecule has 1 aromatic rings. The van der Waals surface area contributed by atoms with Crippen LogP contribution in [0.25, 0.3) is 0 Å². The highest BCUT2D eigenvalue weighted by molar-refractivity contribution is 6.34. The molecule has 110 valence electrons. The Balaban J connectivity index is 2.57. The Hall–Kier alpha value is -1.55. The first-order chi connectivity index (χ1) is 9.43. The number of aryl methyl sites for hydroxylation is 2. The second-order valence-corrected chi connectivity index (χ2v) is 5.27. The first-order valence-electron chi connectivity index (χ1n) is 6.77. The molecule has 0 heterocycles. The molecule has 0 aliphatic heterocycles. The van der Waals surface area contributed by atoms with E-state index in [0.29, 0.717) is 17.3 Å². The van der Waals surface area contributed by atoms with Crippen LogP contribution in [0, 0.1) is 13.8 Å². The van der Waals surface area contributed by atoms with Crippen molar-refractivity contribution in [2.24, 2.45) is 0 Å². The second kappa shape index (κ2) is 7.90. The van der Waals surface area contributed by atoms with Crippen molar-refractivity contribution in [3.63, 3.8) is 0 Å². The lowest BCUT2D eigenvalue weighted by molar-refractivity contribution is -0.126. The molecule has 0 saturated heterocycles. The Bertz CT molecular complexity index is 478. The van der Waals surface area contributed by atoms with E-state index in [1.165, 1.54) is 0 Å². The molecule has 5 heteroatoms. The number of amides is 2. The third-order valence-corrected chi connectivity index (χ3v) is 3.17. The zero-order valence-corrected chi connectivity index (χ0v) is 12.9. The zero-order chi connectivity index (χ0) is 15.1. The van der Waals surface area contributed by atoms with E-state index in [2.05, 4.69) is 10.6 Å². The van der Waals surface area contributed by atoms with Gasteiger partial charge in [-0.05, 0) is 37.5 Å². The number of unbranched alkanes of at least 4 members (excludes halogenated alkanes) is 1. The molecule has 0 saturated carbocycles. The minimum absolute atomic E-state index is 0.187. The number of anilines is 1. The van der Waals surface area contributed by atoms with Crippen molar-refractivity contribution in [1.82, 2.24) is 5.32 Å². The number of benzene rings is 1. The van der Waals surface area contributed by atoms with E-state index in [9.17, 15) is 9.59 Å². The fourth-order valence-corrected chi connectivity index (χ4v) is 2.24. The molecule has 2 N–H and O–H groups in total. The molecule has 4 nitrogen and oxygen atoms in total. The normalized spacial score (nSPS) is 10.2. The van der Waals surface area contributed by atoms with E-state index >= 15 is 0 Å². The van der Waals surface area contributed by atoms with Crippen LogP contribution in [0.5, 0.6) is 0 Å². The summed E-state index contributed by atoms with van der Waals surface area (Å²) in [4.78, 5) is 23.4. The fraction of sp³-hybridized carbons (Fsp3) is 0.467. The predicted molar refractivity (Wildman–Crippen MR) is 82.1 cm³/mol. The number of halogens is 1. The topological polar surface area (TPSA) is 58.2 Å². The number of hydrogen-bond acceptors (Lipinski definition) is 2. The summed E-state index contributed by atoms with van der Waals surface area (Å²) in [5.41, 5.74) is 2.49. The van der Waals surface area contributed by atoms with Gasteiger partial charge in [0.05, 0.1) is 10.7 Å². The molecule has 0 fully saturated rings. The lowest BCUT2D eigenvalue weighted by Crippen LogP contribution is -2.29. The van der Waals surface area contributed by atoms with Gasteiger partial charge in [-0.3, -0.25) is 9.59 Å². The van der Waals surface area contributed by atoms with Gasteiger partial charge in [-0.15, -0.1) is 0 Å². The van der Waals surface area contributed by atoms with Crippen LogP contribution in [-0.2, 0) is 9.59 Å². The van der Waals surface area contributed by atoms with E-state index in [1.54, 1.807) is 6.07 Å². The Labute approximate surface area is 124 Å². The van der Waals surface area contributed by atoms with Crippen LogP contribution < -0.4 is 10.6 Å². The highest BCUT2D eigenvalue weighted by Gasteiger charge is 2.12. The van der Waals surface area contributed by atoms with Gasteiger partial charge in [0.1, 0.15) is 6.42 Å². The van der Waals surface area contributed by atoms with Crippen LogP contribution in [0.2, 0.25) is 5.02 Å². The molecule has 1 aromatic carbocycles. The third kappa shape index (κ3) is 5.21. The van der Waals surface area contributed by atoms with E-state index in [-0.39, 0.29) is 18.2 Å². The van der Waals surface area contributed by atoms with Gasteiger partial charge in [-0.25, -0.2) is 0 Å². The maximum Gasteiger partial charge on any atom is 0.233 e. The van der Waals surface area contributed by atoms with Crippen molar-refractivity contribution in [3.8, 4) is 0 Å². The second-order valence-electron chi connectivity index (χ2n) is 4.87. The number of hydrogen-bond donors (Lipinski definition) is 2. The predicted octanol–water partition coefficient (Wildman–Crippen LogP) is 3.20. The number of carbonyl (C=O) groups excluding carboxylic acids is 2. The maximum atomic E-state index is 11.8. The summed E-state index contributed by atoms with van der Waals surface area (Å²) in [5.74, 6) is -0.621. The standard InChI is InChI=1S/C15H21ClN2O2/c1-4-5-6-17-13(19)9-14(20)18-15-11(3)7-10(2)8-12(15)16/h7-8H,4-6,9H2,1-3H3,(H,17,19)(H,18,20). The van der Waals surface area contributed by atoms with Crippen LogP contribution in [0.1, 0.15) is 37.3 Å². The minimum atomic E-state index is -0.354. The SMILES string of the molecule is CCCCNC(=O)CC(=O)Nc1c(C)cc(C)cc1Cl. The van der Waals surface area contributed by atoms with Crippen molar-refractivity contribution in [2.45, 2.75) is 40.0 Å². The maximum absolute atomic E-state index is 11.8. The van der Waals surface area contributed by atoms with E-state index in [1.807, 2.05) is 26.8 Å². The molecular weight excluding hydrogens is 276 g/mol. The average Bonchev–Trinajstić information content (AvgIpc) is 2.34. The van der Waals surface area contributed by atoms with Crippen LogP contribution >= 0.6 is 11.6 Å². The summed E-state index contributed by atoms with van der Waals surface area (Å²) < 4.78 is 0. The molecule has 0 aliphatic carbocycles. The summed E-state index contributed by atoms with van der Waals surface area (Å²) in [7, 11) is 0. The average molecular weight is 297 g/mol. The molecule has 2 amide bonds. The van der Waals surface area contributed by atoms with Crippen molar-refractivity contribution in [3.05, 3.63) is 28.3 Å². The van der Waals surface area contributed by atoms with Crippen molar-refractivity contribution in [1.29, 1.82) is 0 Å². The monoisotopic (exact) mass is 296 g/mol. The highest BCUT2D eigenvalue weighted by atomic mass is 35.5. The first kappa shape index (κ1) is 16.5. The number of rotatable bonds is 6. The summed E-state index contributed by atoms with van der Waals surface area (Å²) in [6.45, 7) is 6.45. The number of nitrogens with one attached hydrogen (secondary N) is 2. The van der Waals surface area contributed by atoms with Crippen LogP contribution in [0.3, 0.4) is 0 Å². The van der Waals surface area contributed by atoms with E-state index < -0.39 is 0 Å². The summed E-state index contributed by atoms with van der Waals surface area (Å²) >= 11 is 6.10. The van der Waals surface area contributed by atoms with E-state index in [4.69, 9.17) is 11.6 Å². The molecule has 0 aliphatic rings. The van der Waals surface area contributed by atoms with E-state index in [0.717, 1.165) is 24.0 Å². The summed E-state index contributed by atoms with van der Waals surface area (Å²) in [6.07, 6.45) is 1.73. The molecule has 0 aromatic heterocycles. The largest absolute Gasteiger partial charge is 0.356 e. The molecule has 0 spiro atoms. The molecular formula is C15H21ClN2O2. The molecule has 1 rings (SSSR count). The quantitative estimate of drug-likeness (QED) is 0.625. The molecule has 0 atom stereocenters. The highest BCUT2D eigenvalue weighted by Crippen LogP contribution is 2.27. The van der Waals surface area contributed by atoms with Gasteiger partial charge >= 0.3 is 0 Å². The Morgan fingerprint density at radius 2 is 1.90 bits per heavy atom. The van der Waals surface area contributed by atoms with Crippen LogP contribution in [0.4, 0.5) is 5.69 Å². The molecule has 20 heavy (non-hydrogen) atoms. The van der Waals surface area contributed by atoms with Crippen molar-refractivity contribution < 1.29 is 9.59 Å². The fourth-order valence-electron chi connectivity index (χ4n) is 1.87. The van der Waals surface area contributed by atoms with Gasteiger partial charge in [0, 0.05) is 6.54 Å². The third-order valence-electron chi connectivity index (χ3n) is 2.87. The number of carbonyl (C=O) groups is 2. The minimum Gasteiger partial charge on any atom is -0.356 e. The van der Waals surface area contributed by atoms with Gasteiger partial charge < -0.3 is 10.6 Å². The van der Waals surface area contributed by atoms with Gasteiger partial charge in [-0.1, -0.05) is 31.0 Å². The summed E-state index contributed by atoms with van der Waals surface area (Å²) in [6, 6.07) is 3.72. The Morgan fingerprint density at radius 3 is 2.50 bits per heavy atom. The smallest absolute Gasteiger partial charge is 0.233 e. The molecule has 0 bridgehead atoms. The van der Waals surface area contributed by atoms with Crippen LogP contribution in [0.15, 0.2) is 12.1 Å². The molecule has 0 radical (unpaired) electrons. The molecule has 0 unspecified atom stereocenters. The summed E-state index contributed by atoms with van der Waals surface area (Å²) in [5, 5.41) is 5.89.